The number of aliphatic hydroxyl groups is 1. The van der Waals surface area contributed by atoms with Gasteiger partial charge in [-0.2, -0.15) is 0 Å². The third-order valence-corrected chi connectivity index (χ3v) is 5.07. The van der Waals surface area contributed by atoms with E-state index in [1.807, 2.05) is 0 Å². The molecule has 0 saturated heterocycles. The summed E-state index contributed by atoms with van der Waals surface area (Å²) in [5, 5.41) is 8.54. The molecule has 0 aromatic heterocycles. The maximum atomic E-state index is 8.54. The van der Waals surface area contributed by atoms with Crippen molar-refractivity contribution in [3.8, 4) is 0 Å². The number of hydrogen-bond donors (Lipinski definition) is 1. The van der Waals surface area contributed by atoms with E-state index in [4.69, 9.17) is 5.11 Å². The molecule has 0 aliphatic heterocycles. The molecule has 0 amide bonds. The summed E-state index contributed by atoms with van der Waals surface area (Å²) < 4.78 is 0. The maximum Gasteiger partial charge on any atom is 0.0510 e. The van der Waals surface area contributed by atoms with Crippen molar-refractivity contribution < 1.29 is 5.11 Å². The van der Waals surface area contributed by atoms with Crippen LogP contribution in [0.4, 0.5) is 0 Å². The predicted molar refractivity (Wildman–Crippen MR) is 48.6 cm³/mol. The van der Waals surface area contributed by atoms with Crippen molar-refractivity contribution in [3.63, 3.8) is 0 Å². The average Bonchev–Trinajstić information content (AvgIpc) is 1.63. The Balaban J connectivity index is 3.07. The highest BCUT2D eigenvalue weighted by Gasteiger charge is 2.10. The van der Waals surface area contributed by atoms with E-state index in [1.54, 1.807) is 0 Å². The van der Waals surface area contributed by atoms with Crippen LogP contribution >= 0.6 is 0 Å². The van der Waals surface area contributed by atoms with Crippen LogP contribution in [0.3, 0.4) is 0 Å². The van der Waals surface area contributed by atoms with Crippen LogP contribution in [0.1, 0.15) is 0 Å². The van der Waals surface area contributed by atoms with Gasteiger partial charge in [-0.1, -0.05) is 31.7 Å². The topological polar surface area (TPSA) is 20.2 Å². The predicted octanol–water partition coefficient (Wildman–Crippen LogP) is 0.861. The van der Waals surface area contributed by atoms with Crippen LogP contribution in [0, 0.1) is 0 Å². The molecule has 0 aliphatic rings. The van der Waals surface area contributed by atoms with E-state index in [2.05, 4.69) is 19.6 Å². The van der Waals surface area contributed by atoms with Gasteiger partial charge in [0.05, 0.1) is 9.52 Å². The Hall–Kier alpha value is 0.394. The summed E-state index contributed by atoms with van der Waals surface area (Å²) >= 11 is 0. The molecule has 3 heteroatoms. The van der Waals surface area contributed by atoms with E-state index in [1.165, 1.54) is 12.1 Å². The lowest BCUT2D eigenvalue weighted by molar-refractivity contribution is 0.366. The van der Waals surface area contributed by atoms with Gasteiger partial charge in [0.25, 0.3) is 0 Å². The summed E-state index contributed by atoms with van der Waals surface area (Å²) in [6, 6.07) is 2.77. The standard InChI is InChI=1S/C6H18OSi2/c1-9(2,3)5-4-8-6-7/h7H,4-6,8H2,1-3H3. The third kappa shape index (κ3) is 8.39. The Kier molecular flexibility index (Phi) is 4.43. The van der Waals surface area contributed by atoms with Gasteiger partial charge >= 0.3 is 0 Å². The summed E-state index contributed by atoms with van der Waals surface area (Å²) in [6.45, 7) is 7.16. The monoisotopic (exact) mass is 162 g/mol. The SMILES string of the molecule is C[Si](C)(C)CC[SiH2]CO. The van der Waals surface area contributed by atoms with Crippen molar-refractivity contribution >= 4 is 17.6 Å². The van der Waals surface area contributed by atoms with Crippen LogP contribution < -0.4 is 0 Å². The highest BCUT2D eigenvalue weighted by atomic mass is 28.3. The Morgan fingerprint density at radius 2 is 1.89 bits per heavy atom. The molecule has 0 spiro atoms. The van der Waals surface area contributed by atoms with Crippen molar-refractivity contribution in [2.45, 2.75) is 31.7 Å². The summed E-state index contributed by atoms with van der Waals surface area (Å²) in [7, 11) is -0.839. The highest BCUT2D eigenvalue weighted by molar-refractivity contribution is 6.76. The van der Waals surface area contributed by atoms with Crippen LogP contribution in [-0.2, 0) is 0 Å². The van der Waals surface area contributed by atoms with Crippen molar-refractivity contribution in [3.05, 3.63) is 0 Å². The fourth-order valence-electron chi connectivity index (χ4n) is 0.767. The van der Waals surface area contributed by atoms with Crippen LogP contribution in [0.2, 0.25) is 31.7 Å². The molecule has 0 aliphatic carbocycles. The average molecular weight is 162 g/mol. The van der Waals surface area contributed by atoms with Crippen LogP contribution in [0.15, 0.2) is 0 Å². The second-order valence-corrected chi connectivity index (χ2v) is 11.2. The Labute approximate surface area is 61.3 Å². The van der Waals surface area contributed by atoms with Crippen molar-refractivity contribution in [1.82, 2.24) is 0 Å². The largest absolute Gasteiger partial charge is 0.400 e. The zero-order valence-electron chi connectivity index (χ0n) is 6.78. The third-order valence-electron chi connectivity index (χ3n) is 1.33. The lowest BCUT2D eigenvalue weighted by Gasteiger charge is -2.13. The zero-order valence-corrected chi connectivity index (χ0v) is 9.19. The lowest BCUT2D eigenvalue weighted by atomic mass is 10.9. The van der Waals surface area contributed by atoms with Gasteiger partial charge in [0.2, 0.25) is 0 Å². The smallest absolute Gasteiger partial charge is 0.0510 e. The van der Waals surface area contributed by atoms with Gasteiger partial charge in [-0.25, -0.2) is 0 Å². The normalized spacial score (nSPS) is 13.3. The molecular formula is C6H18OSi2. The van der Waals surface area contributed by atoms with Crippen molar-refractivity contribution in [2.75, 3.05) is 6.23 Å². The minimum Gasteiger partial charge on any atom is -0.400 e. The first-order chi connectivity index (χ1) is 4.06. The van der Waals surface area contributed by atoms with Gasteiger partial charge in [-0.3, -0.25) is 0 Å². The molecule has 0 bridgehead atoms. The fraction of sp³-hybridized carbons (Fsp3) is 1.00. The van der Waals surface area contributed by atoms with E-state index < -0.39 is 8.07 Å². The van der Waals surface area contributed by atoms with Crippen LogP contribution in [0.25, 0.3) is 0 Å². The first-order valence-corrected chi connectivity index (χ1v) is 9.38. The molecule has 0 radical (unpaired) electrons. The molecular weight excluding hydrogens is 144 g/mol. The van der Waals surface area contributed by atoms with Gasteiger partial charge in [-0.05, 0) is 0 Å². The first kappa shape index (κ1) is 9.39. The summed E-state index contributed by atoms with van der Waals surface area (Å²) in [4.78, 5) is 0. The molecule has 0 atom stereocenters. The number of hydrogen-bond acceptors (Lipinski definition) is 1. The molecule has 0 saturated carbocycles. The zero-order chi connectivity index (χ0) is 7.33. The molecule has 9 heavy (non-hydrogen) atoms. The Bertz CT molecular complexity index is 67.9. The van der Waals surface area contributed by atoms with Gasteiger partial charge in [0.1, 0.15) is 0 Å². The molecule has 0 fully saturated rings. The van der Waals surface area contributed by atoms with Crippen molar-refractivity contribution in [1.29, 1.82) is 0 Å². The van der Waals surface area contributed by atoms with Gasteiger partial charge in [0, 0.05) is 14.3 Å². The molecule has 56 valence electrons. The second-order valence-electron chi connectivity index (χ2n) is 3.74. The Morgan fingerprint density at radius 3 is 2.22 bits per heavy atom. The fourth-order valence-corrected chi connectivity index (χ4v) is 6.23. The number of rotatable bonds is 4. The maximum absolute atomic E-state index is 8.54. The number of aliphatic hydroxyl groups excluding tert-OH is 1. The van der Waals surface area contributed by atoms with E-state index in [9.17, 15) is 0 Å². The van der Waals surface area contributed by atoms with Gasteiger partial charge in [-0.15, -0.1) is 0 Å². The minimum atomic E-state index is -0.771. The van der Waals surface area contributed by atoms with E-state index in [0.717, 1.165) is 0 Å². The van der Waals surface area contributed by atoms with Crippen LogP contribution in [-0.4, -0.2) is 28.9 Å². The Morgan fingerprint density at radius 1 is 1.33 bits per heavy atom. The summed E-state index contributed by atoms with van der Waals surface area (Å²) in [5.41, 5.74) is 0. The van der Waals surface area contributed by atoms with Crippen LogP contribution in [0.5, 0.6) is 0 Å². The molecule has 0 unspecified atom stereocenters. The van der Waals surface area contributed by atoms with E-state index in [0.29, 0.717) is 6.23 Å². The minimum absolute atomic E-state index is 0.0678. The molecule has 0 aromatic carbocycles. The second kappa shape index (κ2) is 4.25. The highest BCUT2D eigenvalue weighted by Crippen LogP contribution is 2.10. The molecule has 0 rings (SSSR count). The van der Waals surface area contributed by atoms with Crippen molar-refractivity contribution in [2.24, 2.45) is 0 Å². The summed E-state index contributed by atoms with van der Waals surface area (Å²) in [6.07, 6.45) is 0.504. The lowest BCUT2D eigenvalue weighted by Crippen LogP contribution is -2.19. The molecule has 1 nitrogen and oxygen atoms in total. The van der Waals surface area contributed by atoms with Gasteiger partial charge in [0.15, 0.2) is 0 Å². The van der Waals surface area contributed by atoms with E-state index >= 15 is 0 Å². The molecule has 0 heterocycles. The van der Waals surface area contributed by atoms with Gasteiger partial charge < -0.3 is 5.11 Å². The summed E-state index contributed by atoms with van der Waals surface area (Å²) in [5.74, 6) is 0. The first-order valence-electron chi connectivity index (χ1n) is 3.67. The molecule has 1 N–H and O–H groups in total. The van der Waals surface area contributed by atoms with E-state index in [-0.39, 0.29) is 9.52 Å². The molecule has 0 aromatic rings. The quantitative estimate of drug-likeness (QED) is 0.480.